The lowest BCUT2D eigenvalue weighted by atomic mass is 10.0. The number of fused-ring (bicyclic) bond motifs is 1. The number of nitrogens with zero attached hydrogens (tertiary/aromatic N) is 3. The second kappa shape index (κ2) is 6.89. The lowest BCUT2D eigenvalue weighted by Crippen LogP contribution is -2.19. The van der Waals surface area contributed by atoms with E-state index in [9.17, 15) is 9.18 Å². The minimum absolute atomic E-state index is 0.198. The molecule has 0 unspecified atom stereocenters. The smallest absolute Gasteiger partial charge is 0.275 e. The summed E-state index contributed by atoms with van der Waals surface area (Å²) in [6.07, 6.45) is 6.24. The largest absolute Gasteiger partial charge is 0.288 e. The van der Waals surface area contributed by atoms with Gasteiger partial charge >= 0.3 is 0 Å². The predicted octanol–water partition coefficient (Wildman–Crippen LogP) is 3.62. The van der Waals surface area contributed by atoms with Crippen LogP contribution in [0.3, 0.4) is 0 Å². The Morgan fingerprint density at radius 2 is 1.74 bits per heavy atom. The highest BCUT2D eigenvalue weighted by Crippen LogP contribution is 2.29. The summed E-state index contributed by atoms with van der Waals surface area (Å²) >= 11 is 0. The first kappa shape index (κ1) is 16.7. The molecule has 1 amide bonds. The summed E-state index contributed by atoms with van der Waals surface area (Å²) in [5.41, 5.74) is 4.41. The lowest BCUT2D eigenvalue weighted by Gasteiger charge is -2.10. The number of pyridine rings is 3. The molecule has 27 heavy (non-hydrogen) atoms. The van der Waals surface area contributed by atoms with Gasteiger partial charge in [0.1, 0.15) is 5.82 Å². The minimum atomic E-state index is -0.689. The van der Waals surface area contributed by atoms with Crippen LogP contribution in [0.4, 0.5) is 4.39 Å². The van der Waals surface area contributed by atoms with Crippen LogP contribution >= 0.6 is 0 Å². The Morgan fingerprint density at radius 1 is 0.963 bits per heavy atom. The molecule has 2 N–H and O–H groups in total. The SMILES string of the molecule is O=C(NO)c1cc(-c2ccc(-c3ccncc3)c(F)c2)nc2ccncc12. The van der Waals surface area contributed by atoms with Gasteiger partial charge in [-0.25, -0.2) is 14.9 Å². The van der Waals surface area contributed by atoms with E-state index in [1.54, 1.807) is 54.4 Å². The minimum Gasteiger partial charge on any atom is -0.288 e. The summed E-state index contributed by atoms with van der Waals surface area (Å²) < 4.78 is 14.7. The third-order valence-corrected chi connectivity index (χ3v) is 4.21. The molecule has 0 fully saturated rings. The molecule has 0 saturated carbocycles. The van der Waals surface area contributed by atoms with E-state index in [1.165, 1.54) is 18.3 Å². The zero-order valence-electron chi connectivity index (χ0n) is 13.9. The average Bonchev–Trinajstić information content (AvgIpc) is 2.73. The molecule has 132 valence electrons. The molecular weight excluding hydrogens is 347 g/mol. The van der Waals surface area contributed by atoms with Gasteiger partial charge in [-0.3, -0.25) is 20.0 Å². The second-order valence-electron chi connectivity index (χ2n) is 5.82. The van der Waals surface area contributed by atoms with Gasteiger partial charge in [-0.2, -0.15) is 0 Å². The fourth-order valence-corrected chi connectivity index (χ4v) is 2.90. The van der Waals surface area contributed by atoms with E-state index >= 15 is 0 Å². The Balaban J connectivity index is 1.85. The fraction of sp³-hybridized carbons (Fsp3) is 0. The van der Waals surface area contributed by atoms with E-state index in [0.29, 0.717) is 33.3 Å². The van der Waals surface area contributed by atoms with Crippen molar-refractivity contribution in [3.8, 4) is 22.4 Å². The maximum absolute atomic E-state index is 14.7. The molecule has 0 bridgehead atoms. The molecule has 0 saturated heterocycles. The first-order valence-electron chi connectivity index (χ1n) is 8.07. The maximum atomic E-state index is 14.7. The van der Waals surface area contributed by atoms with Crippen LogP contribution in [0.15, 0.2) is 67.3 Å². The standard InChI is InChI=1S/C20H13FN4O2/c21-17-9-13(1-2-14(17)12-3-6-22-7-4-12)19-10-15(20(26)25-27)16-11-23-8-5-18(16)24-19/h1-11,27H,(H,25,26). The van der Waals surface area contributed by atoms with Crippen molar-refractivity contribution in [2.75, 3.05) is 0 Å². The van der Waals surface area contributed by atoms with E-state index in [2.05, 4.69) is 15.0 Å². The molecule has 3 aromatic heterocycles. The van der Waals surface area contributed by atoms with Gasteiger partial charge in [-0.05, 0) is 35.9 Å². The summed E-state index contributed by atoms with van der Waals surface area (Å²) in [4.78, 5) is 24.4. The first-order valence-corrected chi connectivity index (χ1v) is 8.07. The van der Waals surface area contributed by atoms with Crippen molar-refractivity contribution >= 4 is 16.8 Å². The monoisotopic (exact) mass is 360 g/mol. The summed E-state index contributed by atoms with van der Waals surface area (Å²) in [6.45, 7) is 0. The maximum Gasteiger partial charge on any atom is 0.275 e. The number of aromatic nitrogens is 3. The average molecular weight is 360 g/mol. The third kappa shape index (κ3) is 3.11. The summed E-state index contributed by atoms with van der Waals surface area (Å²) in [5, 5.41) is 9.50. The van der Waals surface area contributed by atoms with Crippen LogP contribution in [0.1, 0.15) is 10.4 Å². The number of hydroxylamine groups is 1. The number of carbonyl (C=O) groups excluding carboxylic acids is 1. The van der Waals surface area contributed by atoms with Gasteiger partial charge in [0.15, 0.2) is 0 Å². The topological polar surface area (TPSA) is 88.0 Å². The number of nitrogens with one attached hydrogen (secondary N) is 1. The van der Waals surface area contributed by atoms with E-state index in [0.717, 1.165) is 0 Å². The summed E-state index contributed by atoms with van der Waals surface area (Å²) in [6, 6.07) is 11.3. The number of amides is 1. The third-order valence-electron chi connectivity index (χ3n) is 4.21. The Bertz CT molecular complexity index is 1150. The van der Waals surface area contributed by atoms with Gasteiger partial charge in [0.25, 0.3) is 5.91 Å². The van der Waals surface area contributed by atoms with Crippen LogP contribution in [0.25, 0.3) is 33.3 Å². The van der Waals surface area contributed by atoms with Crippen molar-refractivity contribution < 1.29 is 14.4 Å². The normalized spacial score (nSPS) is 10.7. The number of rotatable bonds is 3. The van der Waals surface area contributed by atoms with Crippen LogP contribution in [-0.4, -0.2) is 26.1 Å². The van der Waals surface area contributed by atoms with Crippen LogP contribution in [0.5, 0.6) is 0 Å². The van der Waals surface area contributed by atoms with Gasteiger partial charge in [-0.1, -0.05) is 12.1 Å². The molecule has 4 rings (SSSR count). The highest BCUT2D eigenvalue weighted by atomic mass is 19.1. The van der Waals surface area contributed by atoms with Crippen LogP contribution in [0.2, 0.25) is 0 Å². The highest BCUT2D eigenvalue weighted by Gasteiger charge is 2.15. The second-order valence-corrected chi connectivity index (χ2v) is 5.82. The number of hydrogen-bond acceptors (Lipinski definition) is 5. The Kier molecular flexibility index (Phi) is 4.27. The summed E-state index contributed by atoms with van der Waals surface area (Å²) in [5.74, 6) is -1.10. The summed E-state index contributed by atoms with van der Waals surface area (Å²) in [7, 11) is 0. The van der Waals surface area contributed by atoms with Crippen LogP contribution in [-0.2, 0) is 0 Å². The zero-order chi connectivity index (χ0) is 18.8. The Morgan fingerprint density at radius 3 is 2.48 bits per heavy atom. The number of benzene rings is 1. The molecule has 1 aromatic carbocycles. The molecule has 0 aliphatic carbocycles. The van der Waals surface area contributed by atoms with Gasteiger partial charge in [0.2, 0.25) is 0 Å². The van der Waals surface area contributed by atoms with E-state index < -0.39 is 11.7 Å². The van der Waals surface area contributed by atoms with Gasteiger partial charge in [0, 0.05) is 41.3 Å². The van der Waals surface area contributed by atoms with E-state index in [1.807, 2.05) is 0 Å². The van der Waals surface area contributed by atoms with Crippen LogP contribution in [0, 0.1) is 5.82 Å². The van der Waals surface area contributed by atoms with E-state index in [-0.39, 0.29) is 5.56 Å². The molecule has 0 aliphatic rings. The molecule has 3 heterocycles. The molecular formula is C20H13FN4O2. The molecule has 4 aromatic rings. The first-order chi connectivity index (χ1) is 13.2. The van der Waals surface area contributed by atoms with Gasteiger partial charge in [0.05, 0.1) is 16.8 Å². The van der Waals surface area contributed by atoms with Crippen LogP contribution < -0.4 is 5.48 Å². The fourth-order valence-electron chi connectivity index (χ4n) is 2.90. The molecule has 0 aliphatic heterocycles. The van der Waals surface area contributed by atoms with Crippen molar-refractivity contribution in [1.29, 1.82) is 0 Å². The number of hydrogen-bond donors (Lipinski definition) is 2. The molecule has 6 nitrogen and oxygen atoms in total. The molecule has 7 heteroatoms. The quantitative estimate of drug-likeness (QED) is 0.430. The van der Waals surface area contributed by atoms with Crippen molar-refractivity contribution in [3.63, 3.8) is 0 Å². The Hall–Kier alpha value is -3.71. The lowest BCUT2D eigenvalue weighted by molar-refractivity contribution is 0.0708. The molecule has 0 radical (unpaired) electrons. The number of carbonyl (C=O) groups is 1. The Labute approximate surface area is 153 Å². The molecule has 0 spiro atoms. The van der Waals surface area contributed by atoms with E-state index in [4.69, 9.17) is 5.21 Å². The zero-order valence-corrected chi connectivity index (χ0v) is 13.9. The van der Waals surface area contributed by atoms with Gasteiger partial charge < -0.3 is 0 Å². The predicted molar refractivity (Wildman–Crippen MR) is 97.4 cm³/mol. The van der Waals surface area contributed by atoms with Crippen molar-refractivity contribution in [2.45, 2.75) is 0 Å². The van der Waals surface area contributed by atoms with Crippen molar-refractivity contribution in [1.82, 2.24) is 20.4 Å². The van der Waals surface area contributed by atoms with Crippen molar-refractivity contribution in [3.05, 3.63) is 78.6 Å². The number of halogens is 1. The highest BCUT2D eigenvalue weighted by molar-refractivity contribution is 6.06. The molecule has 0 atom stereocenters. The van der Waals surface area contributed by atoms with Crippen molar-refractivity contribution in [2.24, 2.45) is 0 Å². The van der Waals surface area contributed by atoms with Gasteiger partial charge in [-0.15, -0.1) is 0 Å².